The van der Waals surface area contributed by atoms with Gasteiger partial charge in [0, 0.05) is 24.8 Å². The molecule has 0 aliphatic carbocycles. The molecule has 0 aliphatic rings. The smallest absolute Gasteiger partial charge is 0.296 e. The Labute approximate surface area is 138 Å². The molecular formula is C16H21F3N2O3. The molecule has 1 rings (SSSR count). The summed E-state index contributed by atoms with van der Waals surface area (Å²) in [6, 6.07) is 5.62. The second-order valence-corrected chi connectivity index (χ2v) is 6.27. The first-order valence-corrected chi connectivity index (χ1v) is 7.51. The van der Waals surface area contributed by atoms with Crippen LogP contribution in [0.25, 0.3) is 0 Å². The predicted molar refractivity (Wildman–Crippen MR) is 83.0 cm³/mol. The monoisotopic (exact) mass is 346 g/mol. The highest BCUT2D eigenvalue weighted by Crippen LogP contribution is 2.32. The van der Waals surface area contributed by atoms with E-state index >= 15 is 0 Å². The van der Waals surface area contributed by atoms with Gasteiger partial charge in [0.1, 0.15) is 0 Å². The van der Waals surface area contributed by atoms with Gasteiger partial charge in [0.25, 0.3) is 5.54 Å². The Morgan fingerprint density at radius 3 is 2.21 bits per heavy atom. The van der Waals surface area contributed by atoms with Crippen molar-refractivity contribution in [3.8, 4) is 0 Å². The minimum absolute atomic E-state index is 0.233. The van der Waals surface area contributed by atoms with Crippen molar-refractivity contribution in [2.75, 3.05) is 0 Å². The molecule has 0 heterocycles. The number of hydrogen-bond donors (Lipinski definition) is 1. The standard InChI is InChI=1S/C16H21F3N2O3/c1-11(2)9-13(22)15(3,21(23)24)14(16(17,18)19)20-10-12-7-5-4-6-8-12/h4-8,11,14,20H,9-10H2,1-3H3/t14-,15+/m0/s1. The first-order chi connectivity index (χ1) is 11.0. The fourth-order valence-electron chi connectivity index (χ4n) is 2.39. The maximum absolute atomic E-state index is 13.5. The van der Waals surface area contributed by atoms with E-state index in [1.807, 2.05) is 0 Å². The van der Waals surface area contributed by atoms with Crippen LogP contribution in [0.3, 0.4) is 0 Å². The highest BCUT2D eigenvalue weighted by atomic mass is 19.4. The van der Waals surface area contributed by atoms with Gasteiger partial charge in [0.05, 0.1) is 0 Å². The van der Waals surface area contributed by atoms with Crippen LogP contribution in [0.4, 0.5) is 13.2 Å². The Morgan fingerprint density at radius 2 is 1.79 bits per heavy atom. The number of halogens is 3. The molecule has 0 unspecified atom stereocenters. The molecule has 1 aromatic carbocycles. The highest BCUT2D eigenvalue weighted by Gasteiger charge is 2.63. The lowest BCUT2D eigenvalue weighted by Crippen LogP contribution is -2.64. The molecule has 0 amide bonds. The quantitative estimate of drug-likeness (QED) is 0.579. The first-order valence-electron chi connectivity index (χ1n) is 7.51. The summed E-state index contributed by atoms with van der Waals surface area (Å²) in [6.07, 6.45) is -5.24. The van der Waals surface area contributed by atoms with Crippen LogP contribution >= 0.6 is 0 Å². The van der Waals surface area contributed by atoms with E-state index in [9.17, 15) is 28.1 Å². The highest BCUT2D eigenvalue weighted by molar-refractivity contribution is 5.87. The number of Topliss-reactive ketones (excluding diaryl/α,β-unsaturated/α-hetero) is 1. The van der Waals surface area contributed by atoms with E-state index < -0.39 is 28.5 Å². The van der Waals surface area contributed by atoms with Crippen LogP contribution in [-0.4, -0.2) is 28.5 Å². The number of carbonyl (C=O) groups is 1. The summed E-state index contributed by atoms with van der Waals surface area (Å²) >= 11 is 0. The molecule has 2 atom stereocenters. The van der Waals surface area contributed by atoms with Gasteiger partial charge in [-0.25, -0.2) is 0 Å². The molecule has 0 aromatic heterocycles. The van der Waals surface area contributed by atoms with E-state index in [-0.39, 0.29) is 18.9 Å². The van der Waals surface area contributed by atoms with Crippen molar-refractivity contribution >= 4 is 5.78 Å². The zero-order valence-electron chi connectivity index (χ0n) is 13.8. The van der Waals surface area contributed by atoms with E-state index in [1.165, 1.54) is 0 Å². The van der Waals surface area contributed by atoms with Crippen molar-refractivity contribution in [3.63, 3.8) is 0 Å². The second kappa shape index (κ2) is 7.74. The summed E-state index contributed by atoms with van der Waals surface area (Å²) in [5.41, 5.74) is -2.24. The van der Waals surface area contributed by atoms with Crippen molar-refractivity contribution < 1.29 is 22.9 Å². The Morgan fingerprint density at radius 1 is 1.25 bits per heavy atom. The number of nitrogens with zero attached hydrogens (tertiary/aromatic N) is 1. The molecule has 0 saturated heterocycles. The zero-order chi connectivity index (χ0) is 18.5. The normalized spacial score (nSPS) is 15.8. The minimum Gasteiger partial charge on any atom is -0.296 e. The van der Waals surface area contributed by atoms with Gasteiger partial charge in [-0.15, -0.1) is 0 Å². The molecule has 134 valence electrons. The minimum atomic E-state index is -4.94. The molecule has 1 aromatic rings. The summed E-state index contributed by atoms with van der Waals surface area (Å²) < 4.78 is 40.4. The molecule has 8 heteroatoms. The van der Waals surface area contributed by atoms with Crippen LogP contribution in [0.15, 0.2) is 30.3 Å². The molecule has 0 spiro atoms. The Kier molecular flexibility index (Phi) is 6.48. The van der Waals surface area contributed by atoms with Crippen molar-refractivity contribution in [1.82, 2.24) is 5.32 Å². The lowest BCUT2D eigenvalue weighted by molar-refractivity contribution is -0.560. The molecule has 0 aliphatic heterocycles. The van der Waals surface area contributed by atoms with E-state index in [1.54, 1.807) is 44.2 Å². The van der Waals surface area contributed by atoms with Gasteiger partial charge in [0.15, 0.2) is 6.04 Å². The molecule has 0 radical (unpaired) electrons. The molecule has 1 N–H and O–H groups in total. The van der Waals surface area contributed by atoms with Gasteiger partial charge in [-0.05, 0) is 11.5 Å². The van der Waals surface area contributed by atoms with Gasteiger partial charge < -0.3 is 0 Å². The number of carbonyl (C=O) groups excluding carboxylic acids is 1. The van der Waals surface area contributed by atoms with Crippen molar-refractivity contribution in [2.24, 2.45) is 5.92 Å². The summed E-state index contributed by atoms with van der Waals surface area (Å²) in [7, 11) is 0. The van der Waals surface area contributed by atoms with Crippen LogP contribution in [0.1, 0.15) is 32.8 Å². The number of alkyl halides is 3. The Hall–Kier alpha value is -1.96. The van der Waals surface area contributed by atoms with Gasteiger partial charge >= 0.3 is 6.18 Å². The van der Waals surface area contributed by atoms with Gasteiger partial charge in [-0.3, -0.25) is 20.2 Å². The van der Waals surface area contributed by atoms with Gasteiger partial charge in [0.2, 0.25) is 5.78 Å². The zero-order valence-corrected chi connectivity index (χ0v) is 13.8. The number of hydrogen-bond acceptors (Lipinski definition) is 4. The van der Waals surface area contributed by atoms with Crippen molar-refractivity contribution in [3.05, 3.63) is 46.0 Å². The first kappa shape index (κ1) is 20.1. The number of benzene rings is 1. The third kappa shape index (κ3) is 4.77. The second-order valence-electron chi connectivity index (χ2n) is 6.27. The summed E-state index contributed by atoms with van der Waals surface area (Å²) in [5.74, 6) is -1.31. The van der Waals surface area contributed by atoms with E-state index in [2.05, 4.69) is 5.32 Å². The largest absolute Gasteiger partial charge is 0.411 e. The van der Waals surface area contributed by atoms with Crippen LogP contribution in [-0.2, 0) is 11.3 Å². The average Bonchev–Trinajstić information content (AvgIpc) is 2.45. The van der Waals surface area contributed by atoms with Crippen LogP contribution in [0.5, 0.6) is 0 Å². The Bertz CT molecular complexity index is 576. The number of rotatable bonds is 8. The topological polar surface area (TPSA) is 72.2 Å². The summed E-state index contributed by atoms with van der Waals surface area (Å²) in [6.45, 7) is 3.76. The van der Waals surface area contributed by atoms with Gasteiger partial charge in [-0.1, -0.05) is 44.2 Å². The number of ketones is 1. The van der Waals surface area contributed by atoms with Crippen molar-refractivity contribution in [1.29, 1.82) is 0 Å². The van der Waals surface area contributed by atoms with Crippen molar-refractivity contribution in [2.45, 2.75) is 51.5 Å². The lowest BCUT2D eigenvalue weighted by atomic mass is 9.83. The molecule has 0 fully saturated rings. The maximum Gasteiger partial charge on any atom is 0.411 e. The molecular weight excluding hydrogens is 325 g/mol. The third-order valence-corrected chi connectivity index (χ3v) is 3.78. The van der Waals surface area contributed by atoms with Crippen LogP contribution < -0.4 is 5.32 Å². The Balaban J connectivity index is 3.14. The average molecular weight is 346 g/mol. The molecule has 5 nitrogen and oxygen atoms in total. The summed E-state index contributed by atoms with van der Waals surface area (Å²) in [4.78, 5) is 22.5. The fourth-order valence-corrected chi connectivity index (χ4v) is 2.39. The third-order valence-electron chi connectivity index (χ3n) is 3.78. The van der Waals surface area contributed by atoms with Crippen LogP contribution in [0.2, 0.25) is 0 Å². The fraction of sp³-hybridized carbons (Fsp3) is 0.562. The maximum atomic E-state index is 13.5. The van der Waals surface area contributed by atoms with Gasteiger partial charge in [-0.2, -0.15) is 13.2 Å². The lowest BCUT2D eigenvalue weighted by Gasteiger charge is -2.31. The number of nitrogens with one attached hydrogen (secondary N) is 1. The van der Waals surface area contributed by atoms with E-state index in [0.717, 1.165) is 6.92 Å². The van der Waals surface area contributed by atoms with Crippen LogP contribution in [0, 0.1) is 16.0 Å². The molecule has 24 heavy (non-hydrogen) atoms. The summed E-state index contributed by atoms with van der Waals surface area (Å²) in [5, 5.41) is 13.6. The molecule has 0 bridgehead atoms. The predicted octanol–water partition coefficient (Wildman–Crippen LogP) is 3.36. The SMILES string of the molecule is CC(C)CC(=O)[C@](C)([C@H](NCc1ccccc1)C(F)(F)F)[N+](=O)[O-]. The molecule has 0 saturated carbocycles. The van der Waals surface area contributed by atoms with E-state index in [4.69, 9.17) is 0 Å². The number of nitro groups is 1. The van der Waals surface area contributed by atoms with E-state index in [0.29, 0.717) is 5.56 Å².